The van der Waals surface area contributed by atoms with E-state index in [1.54, 1.807) is 39.2 Å². The van der Waals surface area contributed by atoms with Gasteiger partial charge in [0.2, 0.25) is 5.91 Å². The van der Waals surface area contributed by atoms with Gasteiger partial charge < -0.3 is 20.5 Å². The zero-order valence-corrected chi connectivity index (χ0v) is 11.9. The monoisotopic (exact) mass is 266 g/mol. The van der Waals surface area contributed by atoms with E-state index in [9.17, 15) is 4.79 Å². The molecule has 0 spiro atoms. The number of hydrogen-bond donors (Lipinski definition) is 2. The molecule has 19 heavy (non-hydrogen) atoms. The maximum Gasteiger partial charge on any atom is 0.228 e. The number of nitrogens with two attached hydrogens (primary N) is 1. The summed E-state index contributed by atoms with van der Waals surface area (Å²) >= 11 is 0. The molecular weight excluding hydrogens is 244 g/mol. The van der Waals surface area contributed by atoms with Crippen molar-refractivity contribution < 1.29 is 14.3 Å². The van der Waals surface area contributed by atoms with E-state index in [0.717, 1.165) is 0 Å². The third-order valence-corrected chi connectivity index (χ3v) is 2.95. The lowest BCUT2D eigenvalue weighted by atomic mass is 10.0. The van der Waals surface area contributed by atoms with Crippen molar-refractivity contribution >= 4 is 11.6 Å². The quantitative estimate of drug-likeness (QED) is 0.826. The molecule has 1 aromatic carbocycles. The van der Waals surface area contributed by atoms with Crippen LogP contribution in [-0.4, -0.2) is 25.7 Å². The minimum Gasteiger partial charge on any atom is -0.497 e. The number of nitrogens with one attached hydrogen (secondary N) is 1. The molecule has 5 heteroatoms. The standard InChI is InChI=1S/C14H22N2O3/c1-5-19-13-7-6-11(18-4)8-12(13)16-14(17)9(2)10(3)15/h6-10H,5,15H2,1-4H3,(H,16,17). The van der Waals surface area contributed by atoms with Crippen LogP contribution in [0, 0.1) is 5.92 Å². The second kappa shape index (κ2) is 6.99. The first-order valence-electron chi connectivity index (χ1n) is 6.36. The molecule has 0 saturated heterocycles. The molecular formula is C14H22N2O3. The van der Waals surface area contributed by atoms with Gasteiger partial charge in [-0.1, -0.05) is 6.92 Å². The molecule has 0 fully saturated rings. The van der Waals surface area contributed by atoms with Crippen molar-refractivity contribution in [3.63, 3.8) is 0 Å². The van der Waals surface area contributed by atoms with Gasteiger partial charge in [-0.2, -0.15) is 0 Å². The Balaban J connectivity index is 2.93. The number of carbonyl (C=O) groups is 1. The van der Waals surface area contributed by atoms with Gasteiger partial charge in [-0.3, -0.25) is 4.79 Å². The molecule has 5 nitrogen and oxygen atoms in total. The highest BCUT2D eigenvalue weighted by atomic mass is 16.5. The van der Waals surface area contributed by atoms with Crippen LogP contribution in [0.5, 0.6) is 11.5 Å². The van der Waals surface area contributed by atoms with Crippen molar-refractivity contribution in [1.29, 1.82) is 0 Å². The maximum absolute atomic E-state index is 12.0. The molecule has 1 aromatic rings. The zero-order valence-electron chi connectivity index (χ0n) is 11.9. The van der Waals surface area contributed by atoms with Gasteiger partial charge in [0.15, 0.2) is 0 Å². The smallest absolute Gasteiger partial charge is 0.228 e. The zero-order chi connectivity index (χ0) is 14.4. The highest BCUT2D eigenvalue weighted by Gasteiger charge is 2.18. The maximum atomic E-state index is 12.0. The van der Waals surface area contributed by atoms with Gasteiger partial charge in [-0.15, -0.1) is 0 Å². The Kier molecular flexibility index (Phi) is 5.63. The van der Waals surface area contributed by atoms with Crippen molar-refractivity contribution in [3.8, 4) is 11.5 Å². The van der Waals surface area contributed by atoms with Gasteiger partial charge in [0.1, 0.15) is 11.5 Å². The summed E-state index contributed by atoms with van der Waals surface area (Å²) in [5.41, 5.74) is 6.32. The second-order valence-electron chi connectivity index (χ2n) is 4.43. The summed E-state index contributed by atoms with van der Waals surface area (Å²) in [5, 5.41) is 2.83. The molecule has 2 atom stereocenters. The van der Waals surface area contributed by atoms with E-state index in [1.807, 2.05) is 6.92 Å². The van der Waals surface area contributed by atoms with Crippen LogP contribution < -0.4 is 20.5 Å². The fourth-order valence-corrected chi connectivity index (χ4v) is 1.50. The lowest BCUT2D eigenvalue weighted by Gasteiger charge is -2.17. The molecule has 0 heterocycles. The summed E-state index contributed by atoms with van der Waals surface area (Å²) in [7, 11) is 1.58. The lowest BCUT2D eigenvalue weighted by molar-refractivity contribution is -0.119. The Labute approximate surface area is 114 Å². The number of carbonyl (C=O) groups excluding carboxylic acids is 1. The summed E-state index contributed by atoms with van der Waals surface area (Å²) in [6.45, 7) is 6.01. The number of benzene rings is 1. The van der Waals surface area contributed by atoms with E-state index >= 15 is 0 Å². The fourth-order valence-electron chi connectivity index (χ4n) is 1.50. The molecule has 0 aliphatic rings. The van der Waals surface area contributed by atoms with Gasteiger partial charge in [0.25, 0.3) is 0 Å². The number of methoxy groups -OCH3 is 1. The average molecular weight is 266 g/mol. The predicted octanol–water partition coefficient (Wildman–Crippen LogP) is 2.02. The molecule has 0 bridgehead atoms. The van der Waals surface area contributed by atoms with E-state index in [0.29, 0.717) is 23.8 Å². The van der Waals surface area contributed by atoms with E-state index in [-0.39, 0.29) is 17.9 Å². The summed E-state index contributed by atoms with van der Waals surface area (Å²) in [6, 6.07) is 5.09. The molecule has 0 saturated carbocycles. The van der Waals surface area contributed by atoms with Crippen LogP contribution in [0.4, 0.5) is 5.69 Å². The highest BCUT2D eigenvalue weighted by Crippen LogP contribution is 2.29. The molecule has 0 aliphatic carbocycles. The molecule has 2 unspecified atom stereocenters. The van der Waals surface area contributed by atoms with E-state index in [2.05, 4.69) is 5.32 Å². The van der Waals surface area contributed by atoms with Crippen LogP contribution >= 0.6 is 0 Å². The normalized spacial score (nSPS) is 13.5. The Morgan fingerprint density at radius 2 is 2.11 bits per heavy atom. The average Bonchev–Trinajstić information content (AvgIpc) is 2.39. The van der Waals surface area contributed by atoms with Crippen LogP contribution in [0.3, 0.4) is 0 Å². The molecule has 0 radical (unpaired) electrons. The largest absolute Gasteiger partial charge is 0.497 e. The van der Waals surface area contributed by atoms with Gasteiger partial charge in [0, 0.05) is 12.1 Å². The number of amides is 1. The SMILES string of the molecule is CCOc1ccc(OC)cc1NC(=O)C(C)C(C)N. The van der Waals surface area contributed by atoms with Gasteiger partial charge in [-0.05, 0) is 26.0 Å². The summed E-state index contributed by atoms with van der Waals surface area (Å²) in [4.78, 5) is 12.0. The summed E-state index contributed by atoms with van der Waals surface area (Å²) in [5.74, 6) is 0.866. The third kappa shape index (κ3) is 4.13. The fraction of sp³-hybridized carbons (Fsp3) is 0.500. The molecule has 0 aliphatic heterocycles. The first kappa shape index (κ1) is 15.3. The van der Waals surface area contributed by atoms with Crippen molar-refractivity contribution in [1.82, 2.24) is 0 Å². The summed E-state index contributed by atoms with van der Waals surface area (Å²) < 4.78 is 10.6. The number of hydrogen-bond acceptors (Lipinski definition) is 4. The van der Waals surface area contributed by atoms with Gasteiger partial charge >= 0.3 is 0 Å². The highest BCUT2D eigenvalue weighted by molar-refractivity contribution is 5.94. The molecule has 3 N–H and O–H groups in total. The molecule has 1 rings (SSSR count). The van der Waals surface area contributed by atoms with Crippen molar-refractivity contribution in [2.75, 3.05) is 19.0 Å². The van der Waals surface area contributed by atoms with E-state index < -0.39 is 0 Å². The Bertz CT molecular complexity index is 433. The Hall–Kier alpha value is -1.75. The Morgan fingerprint density at radius 3 is 2.63 bits per heavy atom. The first-order valence-corrected chi connectivity index (χ1v) is 6.36. The Morgan fingerprint density at radius 1 is 1.42 bits per heavy atom. The number of ether oxygens (including phenoxy) is 2. The molecule has 0 aromatic heterocycles. The van der Waals surface area contributed by atoms with Crippen molar-refractivity contribution in [2.24, 2.45) is 11.7 Å². The van der Waals surface area contributed by atoms with Crippen LogP contribution in [0.25, 0.3) is 0 Å². The lowest BCUT2D eigenvalue weighted by Crippen LogP contribution is -2.34. The van der Waals surface area contributed by atoms with Gasteiger partial charge in [-0.25, -0.2) is 0 Å². The van der Waals surface area contributed by atoms with Crippen LogP contribution in [-0.2, 0) is 4.79 Å². The minimum atomic E-state index is -0.277. The predicted molar refractivity (Wildman–Crippen MR) is 75.6 cm³/mol. The van der Waals surface area contributed by atoms with E-state index in [1.165, 1.54) is 0 Å². The number of anilines is 1. The number of rotatable bonds is 6. The summed E-state index contributed by atoms with van der Waals surface area (Å²) in [6.07, 6.45) is 0. The minimum absolute atomic E-state index is 0.135. The molecule has 1 amide bonds. The third-order valence-electron chi connectivity index (χ3n) is 2.95. The van der Waals surface area contributed by atoms with Crippen LogP contribution in [0.2, 0.25) is 0 Å². The second-order valence-corrected chi connectivity index (χ2v) is 4.43. The van der Waals surface area contributed by atoms with Crippen LogP contribution in [0.15, 0.2) is 18.2 Å². The topological polar surface area (TPSA) is 73.6 Å². The van der Waals surface area contributed by atoms with Crippen molar-refractivity contribution in [2.45, 2.75) is 26.8 Å². The van der Waals surface area contributed by atoms with E-state index in [4.69, 9.17) is 15.2 Å². The molecule has 106 valence electrons. The first-order chi connectivity index (χ1) is 8.99. The van der Waals surface area contributed by atoms with Gasteiger partial charge in [0.05, 0.1) is 25.3 Å². The van der Waals surface area contributed by atoms with Crippen LogP contribution in [0.1, 0.15) is 20.8 Å². The van der Waals surface area contributed by atoms with Crippen molar-refractivity contribution in [3.05, 3.63) is 18.2 Å².